The van der Waals surface area contributed by atoms with E-state index >= 15 is 0 Å². The fourth-order valence-electron chi connectivity index (χ4n) is 1.52. The Balaban J connectivity index is 3.01. The van der Waals surface area contributed by atoms with Crippen molar-refractivity contribution in [3.05, 3.63) is 28.8 Å². The van der Waals surface area contributed by atoms with Gasteiger partial charge in [0.15, 0.2) is 0 Å². The summed E-state index contributed by atoms with van der Waals surface area (Å²) in [5.74, 6) is 2.29. The summed E-state index contributed by atoms with van der Waals surface area (Å²) in [4.78, 5) is 13.8. The lowest BCUT2D eigenvalue weighted by atomic mass is 10.1. The Bertz CT molecular complexity index is 451. The summed E-state index contributed by atoms with van der Waals surface area (Å²) < 4.78 is 0. The molecule has 0 aromatic heterocycles. The van der Waals surface area contributed by atoms with Crippen LogP contribution < -0.4 is 5.73 Å². The van der Waals surface area contributed by atoms with Crippen LogP contribution >= 0.6 is 11.6 Å². The van der Waals surface area contributed by atoms with Gasteiger partial charge in [-0.1, -0.05) is 30.5 Å². The van der Waals surface area contributed by atoms with Crippen molar-refractivity contribution >= 4 is 23.2 Å². The van der Waals surface area contributed by atoms with Crippen LogP contribution in [-0.2, 0) is 0 Å². The first-order valence-corrected chi connectivity index (χ1v) is 5.76. The number of nitrogens with two attached hydrogens (primary N) is 1. The van der Waals surface area contributed by atoms with Crippen LogP contribution in [0.25, 0.3) is 0 Å². The van der Waals surface area contributed by atoms with Gasteiger partial charge < -0.3 is 10.6 Å². The third kappa shape index (κ3) is 3.15. The highest BCUT2D eigenvalue weighted by atomic mass is 35.5. The van der Waals surface area contributed by atoms with Crippen molar-refractivity contribution in [2.75, 3.05) is 18.8 Å². The molecule has 3 nitrogen and oxygen atoms in total. The molecule has 0 atom stereocenters. The maximum absolute atomic E-state index is 12.2. The van der Waals surface area contributed by atoms with E-state index in [1.165, 1.54) is 0 Å². The number of halogens is 1. The third-order valence-electron chi connectivity index (χ3n) is 2.32. The average molecular weight is 251 g/mol. The Morgan fingerprint density at radius 2 is 2.29 bits per heavy atom. The van der Waals surface area contributed by atoms with Crippen LogP contribution in [0.5, 0.6) is 0 Å². The molecule has 17 heavy (non-hydrogen) atoms. The highest BCUT2D eigenvalue weighted by Gasteiger charge is 2.17. The smallest absolute Gasteiger partial charge is 0.256 e. The SMILES string of the molecule is C#CCN(CCC)C(=O)c1cccc(N)c1Cl. The minimum absolute atomic E-state index is 0.179. The van der Waals surface area contributed by atoms with Gasteiger partial charge in [-0.05, 0) is 18.6 Å². The number of carbonyl (C=O) groups is 1. The minimum Gasteiger partial charge on any atom is -0.398 e. The van der Waals surface area contributed by atoms with Gasteiger partial charge in [-0.3, -0.25) is 4.79 Å². The lowest BCUT2D eigenvalue weighted by Crippen LogP contribution is -2.32. The highest BCUT2D eigenvalue weighted by molar-refractivity contribution is 6.36. The Morgan fingerprint density at radius 3 is 2.88 bits per heavy atom. The van der Waals surface area contributed by atoms with Gasteiger partial charge in [0.2, 0.25) is 0 Å². The van der Waals surface area contributed by atoms with Crippen LogP contribution in [0, 0.1) is 12.3 Å². The number of nitrogen functional groups attached to an aromatic ring is 1. The van der Waals surface area contributed by atoms with Crippen LogP contribution in [0.1, 0.15) is 23.7 Å². The summed E-state index contributed by atoms with van der Waals surface area (Å²) in [7, 11) is 0. The van der Waals surface area contributed by atoms with Gasteiger partial charge in [0.05, 0.1) is 22.8 Å². The number of rotatable bonds is 4. The third-order valence-corrected chi connectivity index (χ3v) is 2.74. The maximum atomic E-state index is 12.2. The van der Waals surface area contributed by atoms with Crippen molar-refractivity contribution in [3.63, 3.8) is 0 Å². The van der Waals surface area contributed by atoms with Gasteiger partial charge in [0.1, 0.15) is 0 Å². The number of benzene rings is 1. The Kier molecular flexibility index (Phi) is 4.86. The first-order chi connectivity index (χ1) is 8.11. The molecule has 0 aliphatic rings. The molecule has 1 amide bonds. The molecule has 0 heterocycles. The van der Waals surface area contributed by atoms with E-state index in [-0.39, 0.29) is 17.5 Å². The van der Waals surface area contributed by atoms with Crippen LogP contribution in [0.3, 0.4) is 0 Å². The molecule has 0 radical (unpaired) electrons. The van der Waals surface area contributed by atoms with Crippen molar-refractivity contribution in [1.82, 2.24) is 4.90 Å². The lowest BCUT2D eigenvalue weighted by molar-refractivity contribution is 0.0777. The van der Waals surface area contributed by atoms with E-state index in [1.54, 1.807) is 23.1 Å². The molecule has 2 N–H and O–H groups in total. The molecule has 0 saturated carbocycles. The molecule has 0 fully saturated rings. The quantitative estimate of drug-likeness (QED) is 0.659. The molecule has 0 aliphatic heterocycles. The number of amides is 1. The summed E-state index contributed by atoms with van der Waals surface area (Å²) in [5, 5.41) is 0.288. The van der Waals surface area contributed by atoms with Crippen molar-refractivity contribution in [3.8, 4) is 12.3 Å². The monoisotopic (exact) mass is 250 g/mol. The fraction of sp³-hybridized carbons (Fsp3) is 0.308. The van der Waals surface area contributed by atoms with E-state index in [0.29, 0.717) is 17.8 Å². The second-order valence-electron chi connectivity index (χ2n) is 3.64. The lowest BCUT2D eigenvalue weighted by Gasteiger charge is -2.20. The number of anilines is 1. The zero-order chi connectivity index (χ0) is 12.8. The molecular weight excluding hydrogens is 236 g/mol. The first kappa shape index (κ1) is 13.4. The maximum Gasteiger partial charge on any atom is 0.256 e. The molecule has 0 aliphatic carbocycles. The van der Waals surface area contributed by atoms with Crippen LogP contribution in [0.2, 0.25) is 5.02 Å². The molecule has 1 aromatic rings. The normalized spacial score (nSPS) is 9.71. The van der Waals surface area contributed by atoms with Gasteiger partial charge in [0, 0.05) is 6.54 Å². The van der Waals surface area contributed by atoms with Crippen LogP contribution in [-0.4, -0.2) is 23.9 Å². The molecule has 4 heteroatoms. The number of nitrogens with zero attached hydrogens (tertiary/aromatic N) is 1. The van der Waals surface area contributed by atoms with Crippen molar-refractivity contribution in [1.29, 1.82) is 0 Å². The van der Waals surface area contributed by atoms with Gasteiger partial charge in [-0.25, -0.2) is 0 Å². The predicted octanol–water partition coefficient (Wildman–Crippen LogP) is 2.41. The topological polar surface area (TPSA) is 46.3 Å². The van der Waals surface area contributed by atoms with E-state index in [1.807, 2.05) is 6.92 Å². The Hall–Kier alpha value is -1.66. The summed E-state index contributed by atoms with van der Waals surface area (Å²) >= 11 is 6.01. The van der Waals surface area contributed by atoms with Gasteiger partial charge in [0.25, 0.3) is 5.91 Å². The van der Waals surface area contributed by atoms with Gasteiger partial charge in [-0.2, -0.15) is 0 Å². The van der Waals surface area contributed by atoms with Gasteiger partial charge >= 0.3 is 0 Å². The second kappa shape index (κ2) is 6.17. The number of hydrogen-bond acceptors (Lipinski definition) is 2. The summed E-state index contributed by atoms with van der Waals surface area (Å²) in [6.07, 6.45) is 6.08. The van der Waals surface area contributed by atoms with Crippen molar-refractivity contribution in [2.24, 2.45) is 0 Å². The number of hydrogen-bond donors (Lipinski definition) is 1. The molecule has 0 saturated heterocycles. The second-order valence-corrected chi connectivity index (χ2v) is 4.02. The van der Waals surface area contributed by atoms with Gasteiger partial charge in [-0.15, -0.1) is 6.42 Å². The number of carbonyl (C=O) groups excluding carboxylic acids is 1. The van der Waals surface area contributed by atoms with E-state index in [0.717, 1.165) is 6.42 Å². The molecule has 0 unspecified atom stereocenters. The van der Waals surface area contributed by atoms with E-state index in [4.69, 9.17) is 23.8 Å². The highest BCUT2D eigenvalue weighted by Crippen LogP contribution is 2.24. The zero-order valence-electron chi connectivity index (χ0n) is 9.74. The largest absolute Gasteiger partial charge is 0.398 e. The van der Waals surface area contributed by atoms with E-state index < -0.39 is 0 Å². The fourth-order valence-corrected chi connectivity index (χ4v) is 1.72. The predicted molar refractivity (Wildman–Crippen MR) is 70.9 cm³/mol. The Morgan fingerprint density at radius 1 is 1.59 bits per heavy atom. The van der Waals surface area contributed by atoms with E-state index in [9.17, 15) is 4.79 Å². The number of terminal acetylenes is 1. The molecule has 1 rings (SSSR count). The molecular formula is C13H15ClN2O. The first-order valence-electron chi connectivity index (χ1n) is 5.38. The average Bonchev–Trinajstić information content (AvgIpc) is 2.31. The van der Waals surface area contributed by atoms with Crippen molar-refractivity contribution < 1.29 is 4.79 Å². The minimum atomic E-state index is -0.179. The zero-order valence-corrected chi connectivity index (χ0v) is 10.5. The summed E-state index contributed by atoms with van der Waals surface area (Å²) in [6.45, 7) is 2.86. The summed E-state index contributed by atoms with van der Waals surface area (Å²) in [5.41, 5.74) is 6.46. The summed E-state index contributed by atoms with van der Waals surface area (Å²) in [6, 6.07) is 5.01. The van der Waals surface area contributed by atoms with Crippen LogP contribution in [0.4, 0.5) is 5.69 Å². The Labute approximate surface area is 107 Å². The van der Waals surface area contributed by atoms with Crippen molar-refractivity contribution in [2.45, 2.75) is 13.3 Å². The molecule has 1 aromatic carbocycles. The molecule has 90 valence electrons. The molecule has 0 spiro atoms. The van der Waals surface area contributed by atoms with Crippen LogP contribution in [0.15, 0.2) is 18.2 Å². The molecule has 0 bridgehead atoms. The standard InChI is InChI=1S/C13H15ClN2O/c1-3-8-16(9-4-2)13(17)10-6-5-7-11(15)12(10)14/h1,5-7H,4,8-9,15H2,2H3. The van der Waals surface area contributed by atoms with E-state index in [2.05, 4.69) is 5.92 Å².